The van der Waals surface area contributed by atoms with Gasteiger partial charge in [-0.3, -0.25) is 9.59 Å². The van der Waals surface area contributed by atoms with Crippen molar-refractivity contribution in [2.45, 2.75) is 19.8 Å². The first-order valence-electron chi connectivity index (χ1n) is 7.52. The Labute approximate surface area is 142 Å². The molecule has 0 saturated carbocycles. The second kappa shape index (κ2) is 8.84. The molecule has 0 spiro atoms. The van der Waals surface area contributed by atoms with Gasteiger partial charge in [-0.1, -0.05) is 0 Å². The molecule has 0 unspecified atom stereocenters. The fraction of sp³-hybridized carbons (Fsp3) is 0.500. The van der Waals surface area contributed by atoms with Crippen molar-refractivity contribution >= 4 is 29.9 Å². The van der Waals surface area contributed by atoms with Crippen LogP contribution >= 0.6 is 12.4 Å². The van der Waals surface area contributed by atoms with Crippen LogP contribution in [0.15, 0.2) is 18.2 Å². The first-order valence-corrected chi connectivity index (χ1v) is 7.52. The van der Waals surface area contributed by atoms with E-state index in [1.165, 1.54) is 25.1 Å². The lowest BCUT2D eigenvalue weighted by molar-refractivity contribution is -0.114. The molecule has 23 heavy (non-hydrogen) atoms. The van der Waals surface area contributed by atoms with Crippen molar-refractivity contribution in [3.8, 4) is 0 Å². The smallest absolute Gasteiger partial charge is 0.253 e. The largest absolute Gasteiger partial charge is 0.339 e. The lowest BCUT2D eigenvalue weighted by atomic mass is 9.96. The van der Waals surface area contributed by atoms with Crippen LogP contribution in [0.5, 0.6) is 0 Å². The van der Waals surface area contributed by atoms with Crippen LogP contribution in [0.4, 0.5) is 10.1 Å². The van der Waals surface area contributed by atoms with E-state index in [1.54, 1.807) is 4.90 Å². The number of likely N-dealkylation sites (tertiary alicyclic amines) is 1. The normalized spacial score (nSPS) is 15.0. The Morgan fingerprint density at radius 2 is 1.96 bits per heavy atom. The summed E-state index contributed by atoms with van der Waals surface area (Å²) < 4.78 is 13.6. The molecule has 0 radical (unpaired) electrons. The molecule has 1 aliphatic heterocycles. The molecule has 2 amide bonds. The Bertz CT molecular complexity index is 560. The molecule has 7 heteroatoms. The summed E-state index contributed by atoms with van der Waals surface area (Å²) in [5.74, 6) is -0.428. The minimum absolute atomic E-state index is 0. The maximum atomic E-state index is 13.6. The first-order chi connectivity index (χ1) is 10.5. The Kier molecular flexibility index (Phi) is 7.45. The monoisotopic (exact) mass is 343 g/mol. The Morgan fingerprint density at radius 3 is 2.52 bits per heavy atom. The quantitative estimate of drug-likeness (QED) is 0.881. The third-order valence-electron chi connectivity index (χ3n) is 3.92. The number of hydrogen-bond acceptors (Lipinski definition) is 3. The van der Waals surface area contributed by atoms with Crippen LogP contribution in [0.2, 0.25) is 0 Å². The minimum atomic E-state index is -0.542. The van der Waals surface area contributed by atoms with Crippen LogP contribution in [0.25, 0.3) is 0 Å². The van der Waals surface area contributed by atoms with Crippen LogP contribution in [0.3, 0.4) is 0 Å². The Balaban J connectivity index is 0.00000264. The summed E-state index contributed by atoms with van der Waals surface area (Å²) >= 11 is 0. The molecule has 1 aliphatic rings. The topological polar surface area (TPSA) is 61.4 Å². The number of halogens is 2. The second-order valence-corrected chi connectivity index (χ2v) is 5.67. The number of hydrogen-bond donors (Lipinski definition) is 2. The van der Waals surface area contributed by atoms with E-state index >= 15 is 0 Å². The molecule has 1 fully saturated rings. The summed E-state index contributed by atoms with van der Waals surface area (Å²) in [6.07, 6.45) is 1.93. The highest BCUT2D eigenvalue weighted by Crippen LogP contribution is 2.21. The van der Waals surface area contributed by atoms with Gasteiger partial charge in [0.25, 0.3) is 5.91 Å². The number of piperidine rings is 1. The van der Waals surface area contributed by atoms with Gasteiger partial charge in [0.05, 0.1) is 5.69 Å². The van der Waals surface area contributed by atoms with Crippen molar-refractivity contribution in [1.82, 2.24) is 10.2 Å². The Morgan fingerprint density at radius 1 is 1.30 bits per heavy atom. The summed E-state index contributed by atoms with van der Waals surface area (Å²) in [6.45, 7) is 3.68. The summed E-state index contributed by atoms with van der Waals surface area (Å²) in [4.78, 5) is 25.3. The van der Waals surface area contributed by atoms with Gasteiger partial charge in [-0.15, -0.1) is 12.4 Å². The third-order valence-corrected chi connectivity index (χ3v) is 3.92. The number of benzene rings is 1. The average molecular weight is 344 g/mol. The van der Waals surface area contributed by atoms with Gasteiger partial charge < -0.3 is 15.5 Å². The van der Waals surface area contributed by atoms with Gasteiger partial charge in [0.2, 0.25) is 5.91 Å². The molecule has 0 aliphatic carbocycles. The molecule has 1 aromatic carbocycles. The number of carbonyl (C=O) groups is 2. The van der Waals surface area contributed by atoms with Crippen LogP contribution in [-0.4, -0.2) is 43.4 Å². The fourth-order valence-corrected chi connectivity index (χ4v) is 2.76. The van der Waals surface area contributed by atoms with E-state index in [0.717, 1.165) is 19.4 Å². The molecule has 1 saturated heterocycles. The van der Waals surface area contributed by atoms with E-state index < -0.39 is 5.82 Å². The highest BCUT2D eigenvalue weighted by atomic mass is 35.5. The Hall–Kier alpha value is -1.66. The van der Waals surface area contributed by atoms with Crippen molar-refractivity contribution in [2.75, 3.05) is 32.0 Å². The molecule has 1 aromatic rings. The first kappa shape index (κ1) is 19.4. The van der Waals surface area contributed by atoms with Crippen LogP contribution in [0, 0.1) is 11.7 Å². The van der Waals surface area contributed by atoms with Crippen LogP contribution < -0.4 is 10.6 Å². The summed E-state index contributed by atoms with van der Waals surface area (Å²) in [5, 5.41) is 5.56. The molecule has 2 N–H and O–H groups in total. The number of nitrogens with zero attached hydrogens (tertiary/aromatic N) is 1. The number of carbonyl (C=O) groups excluding carboxylic acids is 2. The van der Waals surface area contributed by atoms with E-state index in [4.69, 9.17) is 0 Å². The summed E-state index contributed by atoms with van der Waals surface area (Å²) in [7, 11) is 1.93. The van der Waals surface area contributed by atoms with Crippen molar-refractivity contribution < 1.29 is 14.0 Å². The number of rotatable bonds is 4. The SMILES string of the molecule is CNCC1CCN(C(=O)c2ccc(F)c(NC(C)=O)c2)CC1.Cl. The van der Waals surface area contributed by atoms with E-state index in [0.29, 0.717) is 24.6 Å². The fourth-order valence-electron chi connectivity index (χ4n) is 2.76. The molecule has 0 aromatic heterocycles. The zero-order valence-corrected chi connectivity index (χ0v) is 14.2. The lowest BCUT2D eigenvalue weighted by Gasteiger charge is -2.32. The predicted molar refractivity (Wildman–Crippen MR) is 90.5 cm³/mol. The summed E-state index contributed by atoms with van der Waals surface area (Å²) in [6, 6.07) is 4.08. The van der Waals surface area contributed by atoms with Gasteiger partial charge in [0, 0.05) is 25.6 Å². The highest BCUT2D eigenvalue weighted by Gasteiger charge is 2.23. The molecule has 0 atom stereocenters. The summed E-state index contributed by atoms with van der Waals surface area (Å²) in [5.41, 5.74) is 0.445. The van der Waals surface area contributed by atoms with Gasteiger partial charge >= 0.3 is 0 Å². The number of anilines is 1. The highest BCUT2D eigenvalue weighted by molar-refractivity contribution is 5.97. The van der Waals surface area contributed by atoms with Crippen molar-refractivity contribution in [3.05, 3.63) is 29.6 Å². The molecule has 128 valence electrons. The molecule has 2 rings (SSSR count). The van der Waals surface area contributed by atoms with E-state index in [1.807, 2.05) is 7.05 Å². The van der Waals surface area contributed by atoms with Gasteiger partial charge in [0.1, 0.15) is 5.82 Å². The van der Waals surface area contributed by atoms with Crippen molar-refractivity contribution in [1.29, 1.82) is 0 Å². The average Bonchev–Trinajstić information content (AvgIpc) is 2.49. The predicted octanol–water partition coefficient (Wildman–Crippen LogP) is 2.28. The molecule has 1 heterocycles. The van der Waals surface area contributed by atoms with Gasteiger partial charge in [-0.05, 0) is 50.6 Å². The van der Waals surface area contributed by atoms with Gasteiger partial charge in [-0.2, -0.15) is 0 Å². The van der Waals surface area contributed by atoms with Crippen molar-refractivity contribution in [2.24, 2.45) is 5.92 Å². The minimum Gasteiger partial charge on any atom is -0.339 e. The maximum absolute atomic E-state index is 13.6. The second-order valence-electron chi connectivity index (χ2n) is 5.67. The molecule has 0 bridgehead atoms. The van der Waals surface area contributed by atoms with E-state index in [2.05, 4.69) is 10.6 Å². The third kappa shape index (κ3) is 5.18. The molecular weight excluding hydrogens is 321 g/mol. The van der Waals surface area contributed by atoms with E-state index in [9.17, 15) is 14.0 Å². The van der Waals surface area contributed by atoms with Gasteiger partial charge in [0.15, 0.2) is 0 Å². The molecule has 5 nitrogen and oxygen atoms in total. The standard InChI is InChI=1S/C16H22FN3O2.ClH/c1-11(21)19-15-9-13(3-4-14(15)17)16(22)20-7-5-12(6-8-20)10-18-2;/h3-4,9,12,18H,5-8,10H2,1-2H3,(H,19,21);1H. The molecular formula is C16H23ClFN3O2. The maximum Gasteiger partial charge on any atom is 0.253 e. The van der Waals surface area contributed by atoms with Crippen molar-refractivity contribution in [3.63, 3.8) is 0 Å². The zero-order valence-electron chi connectivity index (χ0n) is 13.4. The lowest BCUT2D eigenvalue weighted by Crippen LogP contribution is -2.40. The van der Waals surface area contributed by atoms with Crippen LogP contribution in [0.1, 0.15) is 30.1 Å². The number of nitrogens with one attached hydrogen (secondary N) is 2. The zero-order chi connectivity index (χ0) is 16.1. The van der Waals surface area contributed by atoms with Gasteiger partial charge in [-0.25, -0.2) is 4.39 Å². The number of amides is 2. The van der Waals surface area contributed by atoms with E-state index in [-0.39, 0.29) is 29.9 Å². The van der Waals surface area contributed by atoms with Crippen LogP contribution in [-0.2, 0) is 4.79 Å².